The van der Waals surface area contributed by atoms with Crippen molar-refractivity contribution in [2.75, 3.05) is 19.8 Å². The number of rotatable bonds is 0. The molecule has 0 spiro atoms. The van der Waals surface area contributed by atoms with Crippen molar-refractivity contribution in [1.29, 1.82) is 0 Å². The molecular weight excluding hydrogens is 114 g/mol. The van der Waals surface area contributed by atoms with E-state index in [0.29, 0.717) is 0 Å². The van der Waals surface area contributed by atoms with Gasteiger partial charge in [0, 0.05) is 19.8 Å². The summed E-state index contributed by atoms with van der Waals surface area (Å²) in [5.74, 6) is 0. The molecule has 9 heavy (non-hydrogen) atoms. The molecule has 1 heterocycles. The summed E-state index contributed by atoms with van der Waals surface area (Å²) >= 11 is 0. The Morgan fingerprint density at radius 2 is 2.11 bits per heavy atom. The van der Waals surface area contributed by atoms with Gasteiger partial charge >= 0.3 is 0 Å². The quantitative estimate of drug-likeness (QED) is 0.480. The van der Waals surface area contributed by atoms with Gasteiger partial charge < -0.3 is 4.74 Å². The van der Waals surface area contributed by atoms with Crippen LogP contribution in [0.3, 0.4) is 0 Å². The predicted octanol–water partition coefficient (Wildman–Crippen LogP) is 1.26. The second-order valence-electron chi connectivity index (χ2n) is 2.20. The average Bonchev–Trinajstić information content (AvgIpc) is 2.00. The number of aliphatic imine (C=N–C) groups is 1. The van der Waals surface area contributed by atoms with Crippen LogP contribution in [0.1, 0.15) is 19.3 Å². The van der Waals surface area contributed by atoms with Crippen LogP contribution in [0.25, 0.3) is 0 Å². The van der Waals surface area contributed by atoms with Gasteiger partial charge in [0.05, 0.1) is 0 Å². The van der Waals surface area contributed by atoms with E-state index in [9.17, 15) is 0 Å². The summed E-state index contributed by atoms with van der Waals surface area (Å²) in [5.41, 5.74) is 0. The molecule has 0 N–H and O–H groups in total. The smallest absolute Gasteiger partial charge is 0.0483 e. The summed E-state index contributed by atoms with van der Waals surface area (Å²) in [7, 11) is 0. The van der Waals surface area contributed by atoms with Crippen molar-refractivity contribution in [2.24, 2.45) is 4.99 Å². The van der Waals surface area contributed by atoms with Crippen LogP contribution in [0.15, 0.2) is 4.99 Å². The molecule has 0 aromatic heterocycles. The first kappa shape index (κ1) is 6.75. The van der Waals surface area contributed by atoms with Gasteiger partial charge in [-0.2, -0.15) is 0 Å². The van der Waals surface area contributed by atoms with Crippen LogP contribution in [-0.2, 0) is 4.74 Å². The highest BCUT2D eigenvalue weighted by molar-refractivity contribution is 5.56. The molecule has 0 unspecified atom stereocenters. The summed E-state index contributed by atoms with van der Waals surface area (Å²) in [6.07, 6.45) is 5.30. The van der Waals surface area contributed by atoms with Crippen LogP contribution in [0.5, 0.6) is 0 Å². The van der Waals surface area contributed by atoms with Gasteiger partial charge in [0.1, 0.15) is 0 Å². The number of hydrogen-bond acceptors (Lipinski definition) is 2. The lowest BCUT2D eigenvalue weighted by Gasteiger charge is -1.97. The third-order valence-electron chi connectivity index (χ3n) is 1.33. The Hall–Kier alpha value is -0.370. The van der Waals surface area contributed by atoms with Crippen molar-refractivity contribution in [3.63, 3.8) is 0 Å². The maximum atomic E-state index is 5.27. The van der Waals surface area contributed by atoms with Crippen molar-refractivity contribution in [3.8, 4) is 0 Å². The van der Waals surface area contributed by atoms with Gasteiger partial charge in [0.25, 0.3) is 0 Å². The largest absolute Gasteiger partial charge is 0.381 e. The van der Waals surface area contributed by atoms with Gasteiger partial charge in [0.15, 0.2) is 0 Å². The first-order valence-electron chi connectivity index (χ1n) is 3.56. The highest BCUT2D eigenvalue weighted by atomic mass is 16.5. The van der Waals surface area contributed by atoms with Crippen molar-refractivity contribution in [3.05, 3.63) is 0 Å². The van der Waals surface area contributed by atoms with Gasteiger partial charge in [0.2, 0.25) is 0 Å². The fraction of sp³-hybridized carbons (Fsp3) is 0.857. The van der Waals surface area contributed by atoms with Crippen LogP contribution in [0.2, 0.25) is 0 Å². The van der Waals surface area contributed by atoms with Crippen LogP contribution < -0.4 is 0 Å². The van der Waals surface area contributed by atoms with Gasteiger partial charge in [-0.05, 0) is 25.5 Å². The van der Waals surface area contributed by atoms with E-state index >= 15 is 0 Å². The fourth-order valence-corrected chi connectivity index (χ4v) is 0.819. The molecule has 0 fully saturated rings. The molecule has 0 atom stereocenters. The van der Waals surface area contributed by atoms with E-state index in [1.807, 2.05) is 6.21 Å². The molecule has 1 aliphatic rings. The van der Waals surface area contributed by atoms with E-state index in [1.54, 1.807) is 0 Å². The third kappa shape index (κ3) is 3.25. The van der Waals surface area contributed by atoms with Crippen molar-refractivity contribution in [1.82, 2.24) is 0 Å². The van der Waals surface area contributed by atoms with Crippen molar-refractivity contribution < 1.29 is 4.74 Å². The molecule has 0 aromatic rings. The molecule has 52 valence electrons. The Morgan fingerprint density at radius 1 is 1.22 bits per heavy atom. The summed E-state index contributed by atoms with van der Waals surface area (Å²) < 4.78 is 5.27. The maximum Gasteiger partial charge on any atom is 0.0483 e. The van der Waals surface area contributed by atoms with Crippen LogP contribution >= 0.6 is 0 Å². The summed E-state index contributed by atoms with van der Waals surface area (Å²) in [4.78, 5) is 4.19. The van der Waals surface area contributed by atoms with E-state index in [-0.39, 0.29) is 0 Å². The number of hydrogen-bond donors (Lipinski definition) is 0. The lowest BCUT2D eigenvalue weighted by Crippen LogP contribution is -1.96. The average molecular weight is 127 g/mol. The molecule has 0 amide bonds. The molecule has 0 bridgehead atoms. The van der Waals surface area contributed by atoms with E-state index in [0.717, 1.165) is 39.0 Å². The lowest BCUT2D eigenvalue weighted by molar-refractivity contribution is 0.133. The molecule has 0 saturated carbocycles. The Labute approximate surface area is 55.9 Å². The molecule has 1 rings (SSSR count). The zero-order valence-electron chi connectivity index (χ0n) is 5.68. The minimum absolute atomic E-state index is 0.886. The standard InChI is InChI=1S/C7H13NO/c1-2-6-9-7-3-5-8-4-1/h4H,1-3,5-7H2. The SMILES string of the molecule is C1=NCCCOCCC1. The van der Waals surface area contributed by atoms with E-state index < -0.39 is 0 Å². The maximum absolute atomic E-state index is 5.27. The Bertz CT molecular complexity index is 80.9. The van der Waals surface area contributed by atoms with Crippen LogP contribution in [0.4, 0.5) is 0 Å². The molecular formula is C7H13NO. The Kier molecular flexibility index (Phi) is 3.38. The molecule has 2 heteroatoms. The van der Waals surface area contributed by atoms with Crippen LogP contribution in [0, 0.1) is 0 Å². The lowest BCUT2D eigenvalue weighted by atomic mass is 10.3. The summed E-state index contributed by atoms with van der Waals surface area (Å²) in [6, 6.07) is 0. The van der Waals surface area contributed by atoms with E-state index in [4.69, 9.17) is 4.74 Å². The highest BCUT2D eigenvalue weighted by Gasteiger charge is 1.90. The predicted molar refractivity (Wildman–Crippen MR) is 38.0 cm³/mol. The fourth-order valence-electron chi connectivity index (χ4n) is 0.819. The second kappa shape index (κ2) is 4.50. The van der Waals surface area contributed by atoms with Crippen LogP contribution in [-0.4, -0.2) is 26.0 Å². The van der Waals surface area contributed by atoms with Gasteiger partial charge in [-0.15, -0.1) is 0 Å². The van der Waals surface area contributed by atoms with Crippen molar-refractivity contribution >= 4 is 6.21 Å². The molecule has 0 radical (unpaired) electrons. The highest BCUT2D eigenvalue weighted by Crippen LogP contribution is 1.93. The Morgan fingerprint density at radius 3 is 3.11 bits per heavy atom. The first-order chi connectivity index (χ1) is 4.50. The first-order valence-corrected chi connectivity index (χ1v) is 3.56. The summed E-state index contributed by atoms with van der Waals surface area (Å²) in [5, 5.41) is 0. The molecule has 0 aliphatic carbocycles. The zero-order chi connectivity index (χ0) is 6.36. The molecule has 0 aromatic carbocycles. The molecule has 2 nitrogen and oxygen atoms in total. The molecule has 0 saturated heterocycles. The minimum atomic E-state index is 0.886. The molecule has 1 aliphatic heterocycles. The minimum Gasteiger partial charge on any atom is -0.381 e. The number of ether oxygens (including phenoxy) is 1. The zero-order valence-corrected chi connectivity index (χ0v) is 5.68. The van der Waals surface area contributed by atoms with Gasteiger partial charge in [-0.25, -0.2) is 0 Å². The Balaban J connectivity index is 2.15. The second-order valence-corrected chi connectivity index (χ2v) is 2.20. The normalized spacial score (nSPS) is 22.2. The summed E-state index contributed by atoms with van der Waals surface area (Å²) in [6.45, 7) is 2.74. The van der Waals surface area contributed by atoms with E-state index in [2.05, 4.69) is 4.99 Å². The van der Waals surface area contributed by atoms with Gasteiger partial charge in [-0.1, -0.05) is 0 Å². The third-order valence-corrected chi connectivity index (χ3v) is 1.33. The van der Waals surface area contributed by atoms with Gasteiger partial charge in [-0.3, -0.25) is 4.99 Å². The van der Waals surface area contributed by atoms with E-state index in [1.165, 1.54) is 0 Å². The topological polar surface area (TPSA) is 21.6 Å². The van der Waals surface area contributed by atoms with Crippen molar-refractivity contribution in [2.45, 2.75) is 19.3 Å². The number of nitrogens with zero attached hydrogens (tertiary/aromatic N) is 1. The monoisotopic (exact) mass is 127 g/mol.